The predicted molar refractivity (Wildman–Crippen MR) is 131 cm³/mol. The molecule has 0 aliphatic heterocycles. The highest BCUT2D eigenvalue weighted by molar-refractivity contribution is 5.80. The quantitative estimate of drug-likeness (QED) is 0.143. The Morgan fingerprint density at radius 2 is 1.06 bits per heavy atom. The lowest BCUT2D eigenvalue weighted by Gasteiger charge is -2.27. The molecule has 192 valence electrons. The molecule has 6 nitrogen and oxygen atoms in total. The molecule has 0 fully saturated rings. The van der Waals surface area contributed by atoms with E-state index in [4.69, 9.17) is 0 Å². The molecule has 0 bridgehead atoms. The summed E-state index contributed by atoms with van der Waals surface area (Å²) in [6.45, 7) is 3.92. The molecule has 4 unspecified atom stereocenters. The molecule has 0 aromatic rings. The first-order chi connectivity index (χ1) is 15.5. The van der Waals surface area contributed by atoms with Crippen molar-refractivity contribution >= 4 is 5.91 Å². The van der Waals surface area contributed by atoms with Crippen molar-refractivity contribution in [3.63, 3.8) is 0 Å². The molecule has 4 atom stereocenters. The van der Waals surface area contributed by atoms with Crippen molar-refractivity contribution in [2.24, 2.45) is 0 Å². The summed E-state index contributed by atoms with van der Waals surface area (Å²) in [6, 6.07) is -0.972. The Labute approximate surface area is 197 Å². The van der Waals surface area contributed by atoms with Crippen molar-refractivity contribution in [2.75, 3.05) is 6.61 Å². The van der Waals surface area contributed by atoms with E-state index in [0.29, 0.717) is 12.8 Å². The van der Waals surface area contributed by atoms with Gasteiger partial charge < -0.3 is 25.7 Å². The third-order valence-electron chi connectivity index (χ3n) is 6.32. The van der Waals surface area contributed by atoms with E-state index in [2.05, 4.69) is 19.2 Å². The number of carbonyl (C=O) groups is 1. The number of carbonyl (C=O) groups excluding carboxylic acids is 1. The second-order valence-corrected chi connectivity index (χ2v) is 9.40. The summed E-state index contributed by atoms with van der Waals surface area (Å²) in [5.74, 6) is -0.592. The number of hydrogen-bond acceptors (Lipinski definition) is 5. The van der Waals surface area contributed by atoms with E-state index in [1.807, 2.05) is 0 Å². The minimum atomic E-state index is -1.25. The molecule has 0 aromatic carbocycles. The normalized spacial score (nSPS) is 15.3. The fourth-order valence-electron chi connectivity index (χ4n) is 4.05. The van der Waals surface area contributed by atoms with Gasteiger partial charge in [0, 0.05) is 0 Å². The Bertz CT molecular complexity index is 421. The van der Waals surface area contributed by atoms with Gasteiger partial charge in [-0.1, -0.05) is 117 Å². The zero-order valence-electron chi connectivity index (χ0n) is 20.9. The largest absolute Gasteiger partial charge is 0.394 e. The smallest absolute Gasteiger partial charge is 0.249 e. The number of rotatable bonds is 23. The number of hydrogen-bond donors (Lipinski definition) is 5. The van der Waals surface area contributed by atoms with Crippen molar-refractivity contribution in [1.29, 1.82) is 0 Å². The fraction of sp³-hybridized carbons (Fsp3) is 0.962. The van der Waals surface area contributed by atoms with Crippen molar-refractivity contribution in [3.05, 3.63) is 0 Å². The van der Waals surface area contributed by atoms with Crippen molar-refractivity contribution in [2.45, 2.75) is 154 Å². The lowest BCUT2D eigenvalue weighted by Crippen LogP contribution is -2.53. The number of nitrogens with one attached hydrogen (secondary N) is 1. The zero-order valence-corrected chi connectivity index (χ0v) is 20.9. The van der Waals surface area contributed by atoms with Gasteiger partial charge in [-0.15, -0.1) is 0 Å². The molecular formula is C26H53NO5. The van der Waals surface area contributed by atoms with Crippen LogP contribution in [0, 0.1) is 0 Å². The first kappa shape index (κ1) is 31.3. The van der Waals surface area contributed by atoms with Crippen LogP contribution in [-0.2, 0) is 4.79 Å². The van der Waals surface area contributed by atoms with Crippen LogP contribution in [0.3, 0.4) is 0 Å². The standard InChI is InChI=1S/C26H53NO5/c1-3-5-7-9-11-13-15-17-19-23(29)25(31)22(21-28)27-26(32)24(30)20-18-16-14-12-10-8-6-4-2/h22-25,28-31H,3-21H2,1-2H3,(H,27,32). The molecule has 0 aliphatic rings. The topological polar surface area (TPSA) is 110 Å². The minimum Gasteiger partial charge on any atom is -0.394 e. The van der Waals surface area contributed by atoms with Crippen LogP contribution in [0.4, 0.5) is 0 Å². The molecule has 0 rings (SSSR count). The Kier molecular flexibility index (Phi) is 21.6. The second-order valence-electron chi connectivity index (χ2n) is 9.40. The van der Waals surface area contributed by atoms with Gasteiger partial charge in [0.15, 0.2) is 0 Å². The van der Waals surface area contributed by atoms with Crippen LogP contribution < -0.4 is 5.32 Å². The van der Waals surface area contributed by atoms with Gasteiger partial charge in [-0.05, 0) is 12.8 Å². The minimum absolute atomic E-state index is 0.371. The highest BCUT2D eigenvalue weighted by atomic mass is 16.3. The molecule has 1 amide bonds. The first-order valence-electron chi connectivity index (χ1n) is 13.4. The lowest BCUT2D eigenvalue weighted by molar-refractivity contribution is -0.132. The zero-order chi connectivity index (χ0) is 24.0. The number of aliphatic hydroxyl groups excluding tert-OH is 4. The molecule has 0 spiro atoms. The Morgan fingerprint density at radius 1 is 0.656 bits per heavy atom. The number of amides is 1. The van der Waals surface area contributed by atoms with E-state index in [1.165, 1.54) is 64.2 Å². The van der Waals surface area contributed by atoms with Gasteiger partial charge in [-0.2, -0.15) is 0 Å². The fourth-order valence-corrected chi connectivity index (χ4v) is 4.05. The molecule has 32 heavy (non-hydrogen) atoms. The van der Waals surface area contributed by atoms with Crippen molar-refractivity contribution in [3.8, 4) is 0 Å². The maximum absolute atomic E-state index is 12.2. The van der Waals surface area contributed by atoms with Gasteiger partial charge in [0.25, 0.3) is 0 Å². The van der Waals surface area contributed by atoms with Crippen LogP contribution in [-0.4, -0.2) is 57.3 Å². The van der Waals surface area contributed by atoms with Crippen LogP contribution in [0.5, 0.6) is 0 Å². The summed E-state index contributed by atoms with van der Waals surface area (Å²) in [7, 11) is 0. The van der Waals surface area contributed by atoms with E-state index in [0.717, 1.165) is 38.5 Å². The Morgan fingerprint density at radius 3 is 1.50 bits per heavy atom. The van der Waals surface area contributed by atoms with Gasteiger partial charge in [0.2, 0.25) is 5.91 Å². The van der Waals surface area contributed by atoms with Crippen molar-refractivity contribution < 1.29 is 25.2 Å². The monoisotopic (exact) mass is 459 g/mol. The van der Waals surface area contributed by atoms with E-state index >= 15 is 0 Å². The molecule has 5 N–H and O–H groups in total. The molecular weight excluding hydrogens is 406 g/mol. The van der Waals surface area contributed by atoms with E-state index in [-0.39, 0.29) is 0 Å². The summed E-state index contributed by atoms with van der Waals surface area (Å²) in [6.07, 6.45) is 15.7. The maximum Gasteiger partial charge on any atom is 0.249 e. The highest BCUT2D eigenvalue weighted by Crippen LogP contribution is 2.14. The van der Waals surface area contributed by atoms with E-state index < -0.39 is 36.9 Å². The molecule has 0 aliphatic carbocycles. The van der Waals surface area contributed by atoms with Gasteiger partial charge >= 0.3 is 0 Å². The Hall–Kier alpha value is -0.690. The lowest BCUT2D eigenvalue weighted by atomic mass is 9.99. The third kappa shape index (κ3) is 16.9. The van der Waals surface area contributed by atoms with Gasteiger partial charge in [0.1, 0.15) is 12.2 Å². The maximum atomic E-state index is 12.2. The highest BCUT2D eigenvalue weighted by Gasteiger charge is 2.28. The summed E-state index contributed by atoms with van der Waals surface area (Å²) >= 11 is 0. The summed E-state index contributed by atoms with van der Waals surface area (Å²) in [5, 5.41) is 42.7. The van der Waals surface area contributed by atoms with E-state index in [9.17, 15) is 25.2 Å². The van der Waals surface area contributed by atoms with E-state index in [1.54, 1.807) is 0 Å². The number of aliphatic hydroxyl groups is 4. The molecule has 0 heterocycles. The molecule has 0 saturated heterocycles. The average molecular weight is 460 g/mol. The Balaban J connectivity index is 4.00. The summed E-state index contributed by atoms with van der Waals surface area (Å²) < 4.78 is 0. The van der Waals surface area contributed by atoms with Gasteiger partial charge in [0.05, 0.1) is 18.8 Å². The third-order valence-corrected chi connectivity index (χ3v) is 6.32. The summed E-state index contributed by atoms with van der Waals surface area (Å²) in [5.41, 5.74) is 0. The molecule has 0 saturated carbocycles. The van der Waals surface area contributed by atoms with Gasteiger partial charge in [-0.3, -0.25) is 4.79 Å². The van der Waals surface area contributed by atoms with Crippen LogP contribution in [0.25, 0.3) is 0 Å². The first-order valence-corrected chi connectivity index (χ1v) is 13.4. The van der Waals surface area contributed by atoms with Crippen LogP contribution >= 0.6 is 0 Å². The van der Waals surface area contributed by atoms with Crippen LogP contribution in [0.1, 0.15) is 129 Å². The molecule has 6 heteroatoms. The molecule has 0 radical (unpaired) electrons. The van der Waals surface area contributed by atoms with Gasteiger partial charge in [-0.25, -0.2) is 0 Å². The van der Waals surface area contributed by atoms with Crippen molar-refractivity contribution in [1.82, 2.24) is 5.32 Å². The number of unbranched alkanes of at least 4 members (excludes halogenated alkanes) is 14. The average Bonchev–Trinajstić information content (AvgIpc) is 2.79. The predicted octanol–water partition coefficient (Wildman–Crippen LogP) is 4.61. The van der Waals surface area contributed by atoms with Crippen LogP contribution in [0.2, 0.25) is 0 Å². The van der Waals surface area contributed by atoms with Crippen LogP contribution in [0.15, 0.2) is 0 Å². The summed E-state index contributed by atoms with van der Waals surface area (Å²) in [4.78, 5) is 12.2. The second kappa shape index (κ2) is 22.1. The molecule has 0 aromatic heterocycles. The SMILES string of the molecule is CCCCCCCCCCC(O)C(=O)NC(CO)C(O)C(O)CCCCCCCCCC.